The highest BCUT2D eigenvalue weighted by molar-refractivity contribution is 9.10. The lowest BCUT2D eigenvalue weighted by molar-refractivity contribution is -0.115. The molecule has 0 spiro atoms. The molecule has 2 aromatic rings. The van der Waals surface area contributed by atoms with E-state index in [1.54, 1.807) is 18.2 Å². The number of carbonyl (C=O) groups is 1. The molecule has 7 heteroatoms. The maximum atomic E-state index is 12.1. The van der Waals surface area contributed by atoms with Crippen LogP contribution in [0.15, 0.2) is 55.4 Å². The van der Waals surface area contributed by atoms with E-state index in [1.165, 1.54) is 17.4 Å². The fourth-order valence-corrected chi connectivity index (χ4v) is 3.60. The summed E-state index contributed by atoms with van der Waals surface area (Å²) in [5.41, 5.74) is 1.97. The van der Waals surface area contributed by atoms with Crippen molar-refractivity contribution in [3.63, 3.8) is 0 Å². The number of nitrogens with one attached hydrogen (secondary N) is 1. The van der Waals surface area contributed by atoms with Gasteiger partial charge < -0.3 is 14.6 Å². The third kappa shape index (κ3) is 4.35. The largest absolute Gasteiger partial charge is 0.450 e. The van der Waals surface area contributed by atoms with Gasteiger partial charge in [0, 0.05) is 24.9 Å². The Morgan fingerprint density at radius 3 is 2.52 bits per heavy atom. The van der Waals surface area contributed by atoms with Crippen molar-refractivity contribution in [3.05, 3.63) is 51.7 Å². The first-order chi connectivity index (χ1) is 12.1. The number of carbonyl (C=O) groups excluding carboxylic acids is 1. The van der Waals surface area contributed by atoms with E-state index in [1.807, 2.05) is 24.3 Å². The molecule has 0 aliphatic carbocycles. The zero-order chi connectivity index (χ0) is 17.8. The minimum absolute atomic E-state index is 0.170. The number of amidine groups is 1. The van der Waals surface area contributed by atoms with Crippen LogP contribution >= 0.6 is 27.7 Å². The number of hydrogen-bond donors (Lipinski definition) is 1. The van der Waals surface area contributed by atoms with Gasteiger partial charge in [-0.05, 0) is 77.9 Å². The molecule has 2 heterocycles. The molecule has 0 unspecified atom stereocenters. The monoisotopic (exact) mass is 419 g/mol. The molecule has 0 saturated carbocycles. The Hall–Kier alpha value is -1.99. The lowest BCUT2D eigenvalue weighted by Crippen LogP contribution is -2.21. The molecule has 1 saturated heterocycles. The maximum absolute atomic E-state index is 12.1. The fraction of sp³-hybridized carbons (Fsp3) is 0.222. The van der Waals surface area contributed by atoms with Gasteiger partial charge in [-0.25, -0.2) is 4.99 Å². The fourth-order valence-electron chi connectivity index (χ4n) is 2.46. The molecule has 1 aliphatic heterocycles. The van der Waals surface area contributed by atoms with E-state index in [0.717, 1.165) is 18.8 Å². The smallest absolute Gasteiger partial charge is 0.264 e. The molecule has 1 amide bonds. The average molecular weight is 420 g/mol. The summed E-state index contributed by atoms with van der Waals surface area (Å²) >= 11 is 4.55. The van der Waals surface area contributed by atoms with Crippen molar-refractivity contribution in [1.82, 2.24) is 5.32 Å². The van der Waals surface area contributed by atoms with Crippen LogP contribution in [-0.4, -0.2) is 24.2 Å². The number of thioether (sulfide) groups is 1. The SMILES string of the molecule is CCN(CC)c1ccc(N=C2NC(=O)/C(=C\c3ccc(Br)o3)S2)cc1. The molecule has 25 heavy (non-hydrogen) atoms. The third-order valence-electron chi connectivity index (χ3n) is 3.73. The topological polar surface area (TPSA) is 57.8 Å². The molecule has 0 atom stereocenters. The molecule has 3 rings (SSSR count). The van der Waals surface area contributed by atoms with E-state index >= 15 is 0 Å². The van der Waals surface area contributed by atoms with Gasteiger partial charge in [0.25, 0.3) is 5.91 Å². The lowest BCUT2D eigenvalue weighted by atomic mass is 10.2. The molecular weight excluding hydrogens is 402 g/mol. The van der Waals surface area contributed by atoms with Crippen LogP contribution < -0.4 is 10.2 Å². The molecule has 0 bridgehead atoms. The molecule has 0 radical (unpaired) electrons. The van der Waals surface area contributed by atoms with E-state index in [2.05, 4.69) is 45.0 Å². The van der Waals surface area contributed by atoms with Crippen LogP contribution in [0.25, 0.3) is 6.08 Å². The van der Waals surface area contributed by atoms with Crippen molar-refractivity contribution >= 4 is 56.2 Å². The van der Waals surface area contributed by atoms with E-state index in [9.17, 15) is 4.79 Å². The number of amides is 1. The van der Waals surface area contributed by atoms with Crippen molar-refractivity contribution in [1.29, 1.82) is 0 Å². The van der Waals surface area contributed by atoms with Crippen molar-refractivity contribution < 1.29 is 9.21 Å². The predicted molar refractivity (Wildman–Crippen MR) is 107 cm³/mol. The van der Waals surface area contributed by atoms with Crippen LogP contribution in [0, 0.1) is 0 Å². The van der Waals surface area contributed by atoms with Crippen LogP contribution in [0.5, 0.6) is 0 Å². The standard InChI is InChI=1S/C18H18BrN3O2S/c1-3-22(4-2)13-7-5-12(6-8-13)20-18-21-17(23)15(25-18)11-14-9-10-16(19)24-14/h5-11H,3-4H2,1-2H3,(H,20,21,23)/b15-11+. The number of anilines is 1. The molecule has 1 N–H and O–H groups in total. The average Bonchev–Trinajstić information content (AvgIpc) is 3.16. The lowest BCUT2D eigenvalue weighted by Gasteiger charge is -2.20. The number of aliphatic imine (C=N–C) groups is 1. The van der Waals surface area contributed by atoms with Crippen molar-refractivity contribution in [2.75, 3.05) is 18.0 Å². The second-order valence-electron chi connectivity index (χ2n) is 5.31. The molecule has 1 aromatic heterocycles. The summed E-state index contributed by atoms with van der Waals surface area (Å²) < 4.78 is 6.04. The zero-order valence-electron chi connectivity index (χ0n) is 14.0. The van der Waals surface area contributed by atoms with Crippen LogP contribution in [-0.2, 0) is 4.79 Å². The molecule has 1 fully saturated rings. The van der Waals surface area contributed by atoms with Crippen LogP contribution in [0.3, 0.4) is 0 Å². The van der Waals surface area contributed by atoms with Crippen molar-refractivity contribution in [2.24, 2.45) is 4.99 Å². The highest BCUT2D eigenvalue weighted by atomic mass is 79.9. The van der Waals surface area contributed by atoms with Crippen LogP contribution in [0.1, 0.15) is 19.6 Å². The molecule has 1 aliphatic rings. The van der Waals surface area contributed by atoms with Gasteiger partial charge in [-0.1, -0.05) is 0 Å². The first kappa shape index (κ1) is 17.8. The maximum Gasteiger partial charge on any atom is 0.264 e. The normalized spacial score (nSPS) is 17.3. The Labute approximate surface area is 159 Å². The van der Waals surface area contributed by atoms with E-state index < -0.39 is 0 Å². The minimum Gasteiger partial charge on any atom is -0.450 e. The van der Waals surface area contributed by atoms with Crippen LogP contribution in [0.4, 0.5) is 11.4 Å². The van der Waals surface area contributed by atoms with Gasteiger partial charge in [-0.3, -0.25) is 4.79 Å². The first-order valence-corrected chi connectivity index (χ1v) is 9.60. The summed E-state index contributed by atoms with van der Waals surface area (Å²) in [5.74, 6) is 0.449. The Morgan fingerprint density at radius 1 is 1.20 bits per heavy atom. The Balaban J connectivity index is 1.74. The second-order valence-corrected chi connectivity index (χ2v) is 7.12. The number of hydrogen-bond acceptors (Lipinski definition) is 5. The minimum atomic E-state index is -0.170. The quantitative estimate of drug-likeness (QED) is 0.708. The van der Waals surface area contributed by atoms with E-state index in [0.29, 0.717) is 20.5 Å². The first-order valence-electron chi connectivity index (χ1n) is 7.99. The predicted octanol–water partition coefficient (Wildman–Crippen LogP) is 4.78. The summed E-state index contributed by atoms with van der Waals surface area (Å²) in [7, 11) is 0. The van der Waals surface area contributed by atoms with Crippen molar-refractivity contribution in [3.8, 4) is 0 Å². The summed E-state index contributed by atoms with van der Waals surface area (Å²) in [6, 6.07) is 11.6. The Kier molecular flexibility index (Phi) is 5.65. The van der Waals surface area contributed by atoms with Crippen LogP contribution in [0.2, 0.25) is 0 Å². The summed E-state index contributed by atoms with van der Waals surface area (Å²) in [6.45, 7) is 6.20. The van der Waals surface area contributed by atoms with E-state index in [4.69, 9.17) is 4.42 Å². The number of benzene rings is 1. The summed E-state index contributed by atoms with van der Waals surface area (Å²) in [5, 5.41) is 3.35. The van der Waals surface area contributed by atoms with Crippen molar-refractivity contribution in [2.45, 2.75) is 13.8 Å². The summed E-state index contributed by atoms with van der Waals surface area (Å²) in [4.78, 5) is 19.4. The van der Waals surface area contributed by atoms with Gasteiger partial charge >= 0.3 is 0 Å². The van der Waals surface area contributed by atoms with E-state index in [-0.39, 0.29) is 5.91 Å². The highest BCUT2D eigenvalue weighted by Crippen LogP contribution is 2.29. The number of furan rings is 1. The number of halogens is 1. The van der Waals surface area contributed by atoms with Gasteiger partial charge in [0.05, 0.1) is 10.6 Å². The molecule has 130 valence electrons. The van der Waals surface area contributed by atoms with Gasteiger partial charge in [0.1, 0.15) is 5.76 Å². The molecule has 1 aromatic carbocycles. The summed E-state index contributed by atoms with van der Waals surface area (Å²) in [6.07, 6.45) is 1.71. The van der Waals surface area contributed by atoms with Gasteiger partial charge in [0.2, 0.25) is 0 Å². The Bertz CT molecular complexity index is 823. The third-order valence-corrected chi connectivity index (χ3v) is 5.06. The molecule has 5 nitrogen and oxygen atoms in total. The van der Waals surface area contributed by atoms with Gasteiger partial charge in [-0.2, -0.15) is 0 Å². The molecular formula is C18H18BrN3O2S. The second kappa shape index (κ2) is 7.93. The van der Waals surface area contributed by atoms with Gasteiger partial charge in [0.15, 0.2) is 9.84 Å². The zero-order valence-corrected chi connectivity index (χ0v) is 16.4. The Morgan fingerprint density at radius 2 is 1.92 bits per heavy atom. The highest BCUT2D eigenvalue weighted by Gasteiger charge is 2.24. The number of rotatable bonds is 5. The number of nitrogens with zero attached hydrogens (tertiary/aromatic N) is 2. The van der Waals surface area contributed by atoms with Gasteiger partial charge in [-0.15, -0.1) is 0 Å².